The predicted molar refractivity (Wildman–Crippen MR) is 95.0 cm³/mol. The van der Waals surface area contributed by atoms with Crippen molar-refractivity contribution >= 4 is 17.5 Å². The van der Waals surface area contributed by atoms with Gasteiger partial charge in [0.1, 0.15) is 6.42 Å². The Labute approximate surface area is 144 Å². The van der Waals surface area contributed by atoms with Crippen molar-refractivity contribution < 1.29 is 14.3 Å². The highest BCUT2D eigenvalue weighted by molar-refractivity contribution is 6.03. The maximum absolute atomic E-state index is 12.4. The van der Waals surface area contributed by atoms with Gasteiger partial charge >= 0.3 is 0 Å². The van der Waals surface area contributed by atoms with Gasteiger partial charge in [-0.15, -0.1) is 0 Å². The summed E-state index contributed by atoms with van der Waals surface area (Å²) < 4.78 is 5.75. The number of ether oxygens (including phenoxy) is 1. The van der Waals surface area contributed by atoms with Crippen LogP contribution in [0.2, 0.25) is 0 Å². The van der Waals surface area contributed by atoms with E-state index >= 15 is 0 Å². The van der Waals surface area contributed by atoms with Crippen LogP contribution in [0.4, 0.5) is 5.69 Å². The Balaban J connectivity index is 1.85. The summed E-state index contributed by atoms with van der Waals surface area (Å²) in [5.74, 6) is -0.384. The summed E-state index contributed by atoms with van der Waals surface area (Å²) in [5, 5.41) is 2.84. The van der Waals surface area contributed by atoms with Crippen LogP contribution in [0.3, 0.4) is 0 Å². The second-order valence-electron chi connectivity index (χ2n) is 6.52. The minimum Gasteiger partial charge on any atom is -0.376 e. The third kappa shape index (κ3) is 5.34. The molecule has 1 aliphatic heterocycles. The van der Waals surface area contributed by atoms with Crippen molar-refractivity contribution in [1.82, 2.24) is 4.90 Å². The molecule has 1 aliphatic rings. The zero-order valence-electron chi connectivity index (χ0n) is 14.9. The molecule has 0 aromatic heterocycles. The van der Waals surface area contributed by atoms with E-state index in [0.29, 0.717) is 13.1 Å². The zero-order chi connectivity index (χ0) is 17.5. The van der Waals surface area contributed by atoms with Gasteiger partial charge in [-0.25, -0.2) is 0 Å². The predicted octanol–water partition coefficient (Wildman–Crippen LogP) is 3.05. The number of aryl methyl sites for hydroxylation is 2. The lowest BCUT2D eigenvalue weighted by atomic mass is 10.1. The van der Waals surface area contributed by atoms with Crippen LogP contribution in [-0.4, -0.2) is 42.5 Å². The molecule has 24 heavy (non-hydrogen) atoms. The van der Waals surface area contributed by atoms with Crippen molar-refractivity contribution in [3.63, 3.8) is 0 Å². The number of carbonyl (C=O) groups is 2. The standard InChI is InChI=1S/C19H28N2O3/c1-4-10-24-16-6-5-9-21(13-16)19(23)12-18(22)20-17-8-7-14(2)11-15(17)3/h7-8,11,16H,4-6,9-10,12-13H2,1-3H3,(H,20,22)/t16-/m0/s1. The largest absolute Gasteiger partial charge is 0.376 e. The molecule has 0 saturated carbocycles. The van der Waals surface area contributed by atoms with E-state index in [1.807, 2.05) is 32.0 Å². The van der Waals surface area contributed by atoms with Crippen molar-refractivity contribution in [2.45, 2.75) is 52.6 Å². The van der Waals surface area contributed by atoms with Gasteiger partial charge in [-0.1, -0.05) is 24.6 Å². The van der Waals surface area contributed by atoms with Crippen LogP contribution in [0.1, 0.15) is 43.7 Å². The molecule has 1 aromatic carbocycles. The molecule has 1 heterocycles. The van der Waals surface area contributed by atoms with E-state index < -0.39 is 0 Å². The first-order valence-electron chi connectivity index (χ1n) is 8.76. The summed E-state index contributed by atoms with van der Waals surface area (Å²) in [6.07, 6.45) is 2.87. The van der Waals surface area contributed by atoms with Gasteiger partial charge in [0.15, 0.2) is 0 Å². The number of piperidine rings is 1. The summed E-state index contributed by atoms with van der Waals surface area (Å²) >= 11 is 0. The molecule has 1 atom stereocenters. The van der Waals surface area contributed by atoms with Crippen LogP contribution < -0.4 is 5.32 Å². The molecule has 0 aliphatic carbocycles. The molecule has 1 saturated heterocycles. The minimum atomic E-state index is -0.261. The van der Waals surface area contributed by atoms with Gasteiger partial charge in [-0.2, -0.15) is 0 Å². The monoisotopic (exact) mass is 332 g/mol. The fraction of sp³-hybridized carbons (Fsp3) is 0.579. The SMILES string of the molecule is CCCO[C@H]1CCCN(C(=O)CC(=O)Nc2ccc(C)cc2C)C1. The molecule has 5 nitrogen and oxygen atoms in total. The van der Waals surface area contributed by atoms with Gasteiger partial charge in [0, 0.05) is 25.4 Å². The average molecular weight is 332 g/mol. The lowest BCUT2D eigenvalue weighted by molar-refractivity contribution is -0.138. The van der Waals surface area contributed by atoms with Crippen LogP contribution >= 0.6 is 0 Å². The maximum atomic E-state index is 12.4. The molecule has 1 fully saturated rings. The molecule has 0 unspecified atom stereocenters. The van der Waals surface area contributed by atoms with E-state index in [1.54, 1.807) is 4.90 Å². The van der Waals surface area contributed by atoms with Gasteiger partial charge in [-0.05, 0) is 44.7 Å². The molecular weight excluding hydrogens is 304 g/mol. The van der Waals surface area contributed by atoms with E-state index in [2.05, 4.69) is 12.2 Å². The number of hydrogen-bond donors (Lipinski definition) is 1. The molecule has 0 spiro atoms. The molecule has 132 valence electrons. The van der Waals surface area contributed by atoms with Gasteiger partial charge in [0.2, 0.25) is 11.8 Å². The second-order valence-corrected chi connectivity index (χ2v) is 6.52. The van der Waals surface area contributed by atoms with Gasteiger partial charge in [0.05, 0.1) is 6.10 Å². The molecule has 2 rings (SSSR count). The molecule has 2 amide bonds. The van der Waals surface area contributed by atoms with Crippen LogP contribution in [-0.2, 0) is 14.3 Å². The number of benzene rings is 1. The third-order valence-electron chi connectivity index (χ3n) is 4.26. The lowest BCUT2D eigenvalue weighted by Gasteiger charge is -2.32. The Hall–Kier alpha value is -1.88. The topological polar surface area (TPSA) is 58.6 Å². The first-order chi connectivity index (χ1) is 11.5. The molecule has 1 aromatic rings. The molecule has 0 radical (unpaired) electrons. The van der Waals surface area contributed by atoms with Gasteiger partial charge < -0.3 is 15.0 Å². The summed E-state index contributed by atoms with van der Waals surface area (Å²) in [4.78, 5) is 26.3. The summed E-state index contributed by atoms with van der Waals surface area (Å²) in [5.41, 5.74) is 2.91. The van der Waals surface area contributed by atoms with Crippen LogP contribution in [0.15, 0.2) is 18.2 Å². The normalized spacial score (nSPS) is 17.6. The fourth-order valence-corrected chi connectivity index (χ4v) is 2.98. The molecular formula is C19H28N2O3. The Morgan fingerprint density at radius 2 is 2.12 bits per heavy atom. The van der Waals surface area contributed by atoms with Crippen molar-refractivity contribution in [1.29, 1.82) is 0 Å². The quantitative estimate of drug-likeness (QED) is 0.815. The van der Waals surface area contributed by atoms with Crippen molar-refractivity contribution in [3.05, 3.63) is 29.3 Å². The number of nitrogens with one attached hydrogen (secondary N) is 1. The smallest absolute Gasteiger partial charge is 0.233 e. The Bertz CT molecular complexity index is 586. The number of amides is 2. The molecule has 1 N–H and O–H groups in total. The number of anilines is 1. The van der Waals surface area contributed by atoms with E-state index in [1.165, 1.54) is 0 Å². The molecule has 5 heteroatoms. The minimum absolute atomic E-state index is 0.102. The zero-order valence-corrected chi connectivity index (χ0v) is 14.9. The number of nitrogens with zero attached hydrogens (tertiary/aromatic N) is 1. The average Bonchev–Trinajstić information content (AvgIpc) is 2.55. The van der Waals surface area contributed by atoms with E-state index in [4.69, 9.17) is 4.74 Å². The number of likely N-dealkylation sites (tertiary alicyclic amines) is 1. The number of carbonyl (C=O) groups excluding carboxylic acids is 2. The summed E-state index contributed by atoms with van der Waals surface area (Å²) in [7, 11) is 0. The maximum Gasteiger partial charge on any atom is 0.233 e. The van der Waals surface area contributed by atoms with Crippen LogP contribution in [0.5, 0.6) is 0 Å². The Kier molecular flexibility index (Phi) is 6.79. The lowest BCUT2D eigenvalue weighted by Crippen LogP contribution is -2.44. The molecule has 0 bridgehead atoms. The highest BCUT2D eigenvalue weighted by Gasteiger charge is 2.25. The number of hydrogen-bond acceptors (Lipinski definition) is 3. The first kappa shape index (κ1) is 18.5. The van der Waals surface area contributed by atoms with Crippen LogP contribution in [0, 0.1) is 13.8 Å². The summed E-state index contributed by atoms with van der Waals surface area (Å²) in [6.45, 7) is 8.06. The Morgan fingerprint density at radius 3 is 2.83 bits per heavy atom. The summed E-state index contributed by atoms with van der Waals surface area (Å²) in [6, 6.07) is 5.84. The van der Waals surface area contributed by atoms with Crippen molar-refractivity contribution in [2.24, 2.45) is 0 Å². The van der Waals surface area contributed by atoms with E-state index in [9.17, 15) is 9.59 Å². The fourth-order valence-electron chi connectivity index (χ4n) is 2.98. The highest BCUT2D eigenvalue weighted by Crippen LogP contribution is 2.17. The van der Waals surface area contributed by atoms with Crippen molar-refractivity contribution in [2.75, 3.05) is 25.0 Å². The van der Waals surface area contributed by atoms with Crippen molar-refractivity contribution in [3.8, 4) is 0 Å². The third-order valence-corrected chi connectivity index (χ3v) is 4.26. The second kappa shape index (κ2) is 8.83. The van der Waals surface area contributed by atoms with Gasteiger partial charge in [0.25, 0.3) is 0 Å². The van der Waals surface area contributed by atoms with E-state index in [0.717, 1.165) is 42.7 Å². The van der Waals surface area contributed by atoms with Crippen LogP contribution in [0.25, 0.3) is 0 Å². The van der Waals surface area contributed by atoms with Gasteiger partial charge in [-0.3, -0.25) is 9.59 Å². The van der Waals surface area contributed by atoms with E-state index in [-0.39, 0.29) is 24.3 Å². The number of rotatable bonds is 6. The first-order valence-corrected chi connectivity index (χ1v) is 8.76. The highest BCUT2D eigenvalue weighted by atomic mass is 16.5. The Morgan fingerprint density at radius 1 is 1.33 bits per heavy atom.